The largest absolute Gasteiger partial charge is 0.508 e. The summed E-state index contributed by atoms with van der Waals surface area (Å²) in [4.78, 5) is 11.3. The van der Waals surface area contributed by atoms with Gasteiger partial charge in [-0.2, -0.15) is 0 Å². The Hall–Kier alpha value is -1.77. The van der Waals surface area contributed by atoms with Crippen molar-refractivity contribution < 1.29 is 14.6 Å². The molecule has 0 saturated carbocycles. The summed E-state index contributed by atoms with van der Waals surface area (Å²) < 4.78 is 4.91. The van der Waals surface area contributed by atoms with Gasteiger partial charge in [-0.1, -0.05) is 18.2 Å². The molecule has 0 fully saturated rings. The highest BCUT2D eigenvalue weighted by molar-refractivity contribution is 5.77. The first-order chi connectivity index (χ1) is 8.72. The SMILES string of the molecule is CCOC(=O)C/C=C1/CCCc2c(O)cccc21. The molecule has 0 saturated heterocycles. The van der Waals surface area contributed by atoms with Gasteiger partial charge in [-0.3, -0.25) is 4.79 Å². The van der Waals surface area contributed by atoms with Crippen molar-refractivity contribution in [2.75, 3.05) is 6.61 Å². The Labute approximate surface area is 107 Å². The van der Waals surface area contributed by atoms with Gasteiger partial charge in [-0.15, -0.1) is 0 Å². The molecule has 0 radical (unpaired) electrons. The van der Waals surface area contributed by atoms with Gasteiger partial charge in [-0.25, -0.2) is 0 Å². The van der Waals surface area contributed by atoms with E-state index in [4.69, 9.17) is 4.74 Å². The first kappa shape index (κ1) is 12.7. The summed E-state index contributed by atoms with van der Waals surface area (Å²) in [6.45, 7) is 2.22. The molecule has 0 bridgehead atoms. The number of fused-ring (bicyclic) bond motifs is 1. The fourth-order valence-electron chi connectivity index (χ4n) is 2.37. The van der Waals surface area contributed by atoms with Crippen LogP contribution < -0.4 is 0 Å². The van der Waals surface area contributed by atoms with Crippen molar-refractivity contribution in [3.63, 3.8) is 0 Å². The third-order valence-electron chi connectivity index (χ3n) is 3.19. The Kier molecular flexibility index (Phi) is 4.03. The standard InChI is InChI=1S/C15H18O3/c1-2-18-15(17)10-9-11-5-3-7-13-12(11)6-4-8-14(13)16/h4,6,8-9,16H,2-3,5,7,10H2,1H3/b11-9-. The number of rotatable bonds is 3. The minimum absolute atomic E-state index is 0.197. The summed E-state index contributed by atoms with van der Waals surface area (Å²) in [7, 11) is 0. The third-order valence-corrected chi connectivity index (χ3v) is 3.19. The maximum Gasteiger partial charge on any atom is 0.309 e. The second kappa shape index (κ2) is 5.71. The van der Waals surface area contributed by atoms with Crippen molar-refractivity contribution in [1.29, 1.82) is 0 Å². The first-order valence-electron chi connectivity index (χ1n) is 6.38. The van der Waals surface area contributed by atoms with Crippen LogP contribution in [0, 0.1) is 0 Å². The zero-order valence-electron chi connectivity index (χ0n) is 10.6. The van der Waals surface area contributed by atoms with Crippen LogP contribution in [0.2, 0.25) is 0 Å². The number of allylic oxidation sites excluding steroid dienone is 1. The number of aromatic hydroxyl groups is 1. The van der Waals surface area contributed by atoms with Crippen LogP contribution in [0.1, 0.15) is 37.3 Å². The monoisotopic (exact) mass is 246 g/mol. The molecule has 2 rings (SSSR count). The summed E-state index contributed by atoms with van der Waals surface area (Å²) >= 11 is 0. The molecule has 0 aliphatic heterocycles. The minimum atomic E-state index is -0.197. The molecule has 1 aliphatic rings. The lowest BCUT2D eigenvalue weighted by Gasteiger charge is -2.19. The van der Waals surface area contributed by atoms with E-state index in [1.807, 2.05) is 18.2 Å². The number of carbonyl (C=O) groups is 1. The second-order valence-corrected chi connectivity index (χ2v) is 4.40. The van der Waals surface area contributed by atoms with Crippen LogP contribution in [-0.2, 0) is 16.0 Å². The summed E-state index contributed by atoms with van der Waals surface area (Å²) in [5.74, 6) is 0.159. The minimum Gasteiger partial charge on any atom is -0.508 e. The maximum atomic E-state index is 11.3. The molecule has 0 heterocycles. The molecule has 0 amide bonds. The van der Waals surface area contributed by atoms with Gasteiger partial charge in [0, 0.05) is 5.56 Å². The Morgan fingerprint density at radius 3 is 3.06 bits per heavy atom. The van der Waals surface area contributed by atoms with Crippen LogP contribution in [0.4, 0.5) is 0 Å². The van der Waals surface area contributed by atoms with Gasteiger partial charge in [0.15, 0.2) is 0 Å². The predicted octanol–water partition coefficient (Wildman–Crippen LogP) is 3.07. The van der Waals surface area contributed by atoms with Crippen LogP contribution in [0.3, 0.4) is 0 Å². The Morgan fingerprint density at radius 2 is 2.28 bits per heavy atom. The van der Waals surface area contributed by atoms with E-state index < -0.39 is 0 Å². The number of ether oxygens (including phenoxy) is 1. The zero-order chi connectivity index (χ0) is 13.0. The lowest BCUT2D eigenvalue weighted by atomic mass is 9.86. The van der Waals surface area contributed by atoms with E-state index >= 15 is 0 Å². The number of phenolic OH excluding ortho intramolecular Hbond substituents is 1. The van der Waals surface area contributed by atoms with E-state index in [-0.39, 0.29) is 5.97 Å². The number of benzene rings is 1. The van der Waals surface area contributed by atoms with Crippen molar-refractivity contribution >= 4 is 11.5 Å². The number of hydrogen-bond acceptors (Lipinski definition) is 3. The van der Waals surface area contributed by atoms with Crippen LogP contribution in [0.15, 0.2) is 24.3 Å². The number of hydrogen-bond donors (Lipinski definition) is 1. The molecule has 1 aromatic carbocycles. The lowest BCUT2D eigenvalue weighted by Crippen LogP contribution is -2.05. The molecular weight excluding hydrogens is 228 g/mol. The Balaban J connectivity index is 2.20. The first-order valence-corrected chi connectivity index (χ1v) is 6.38. The smallest absolute Gasteiger partial charge is 0.309 e. The molecule has 1 aliphatic carbocycles. The van der Waals surface area contributed by atoms with Crippen molar-refractivity contribution in [1.82, 2.24) is 0 Å². The molecule has 96 valence electrons. The van der Waals surface area contributed by atoms with Gasteiger partial charge < -0.3 is 9.84 Å². The van der Waals surface area contributed by atoms with E-state index in [0.717, 1.165) is 36.0 Å². The highest BCUT2D eigenvalue weighted by Crippen LogP contribution is 2.35. The quantitative estimate of drug-likeness (QED) is 0.834. The van der Waals surface area contributed by atoms with E-state index in [9.17, 15) is 9.90 Å². The van der Waals surface area contributed by atoms with Crippen molar-refractivity contribution in [2.45, 2.75) is 32.6 Å². The van der Waals surface area contributed by atoms with Crippen molar-refractivity contribution in [3.05, 3.63) is 35.4 Å². The molecule has 18 heavy (non-hydrogen) atoms. The van der Waals surface area contributed by atoms with E-state index in [1.54, 1.807) is 13.0 Å². The highest BCUT2D eigenvalue weighted by atomic mass is 16.5. The molecule has 0 aromatic heterocycles. The molecule has 0 unspecified atom stereocenters. The molecule has 3 heteroatoms. The van der Waals surface area contributed by atoms with Gasteiger partial charge in [0.05, 0.1) is 13.0 Å². The Bertz CT molecular complexity index is 475. The summed E-state index contributed by atoms with van der Waals surface area (Å²) in [5, 5.41) is 9.82. The molecule has 0 atom stereocenters. The molecule has 1 aromatic rings. The zero-order valence-corrected chi connectivity index (χ0v) is 10.6. The molecule has 1 N–H and O–H groups in total. The van der Waals surface area contributed by atoms with Gasteiger partial charge in [0.2, 0.25) is 0 Å². The second-order valence-electron chi connectivity index (χ2n) is 4.40. The fourth-order valence-corrected chi connectivity index (χ4v) is 2.37. The Morgan fingerprint density at radius 1 is 1.44 bits per heavy atom. The maximum absolute atomic E-state index is 11.3. The summed E-state index contributed by atoms with van der Waals surface area (Å²) in [6.07, 6.45) is 5.10. The van der Waals surface area contributed by atoms with E-state index in [0.29, 0.717) is 18.8 Å². The van der Waals surface area contributed by atoms with Gasteiger partial charge in [-0.05, 0) is 43.4 Å². The lowest BCUT2D eigenvalue weighted by molar-refractivity contribution is -0.142. The number of carbonyl (C=O) groups excluding carboxylic acids is 1. The molecule has 0 spiro atoms. The van der Waals surface area contributed by atoms with Crippen LogP contribution >= 0.6 is 0 Å². The van der Waals surface area contributed by atoms with Crippen LogP contribution in [0.25, 0.3) is 5.57 Å². The predicted molar refractivity (Wildman–Crippen MR) is 70.3 cm³/mol. The van der Waals surface area contributed by atoms with Crippen molar-refractivity contribution in [2.24, 2.45) is 0 Å². The van der Waals surface area contributed by atoms with Crippen molar-refractivity contribution in [3.8, 4) is 5.75 Å². The highest BCUT2D eigenvalue weighted by Gasteiger charge is 2.16. The molecular formula is C15H18O3. The summed E-state index contributed by atoms with van der Waals surface area (Å²) in [6, 6.07) is 5.57. The number of phenols is 1. The normalized spacial score (nSPS) is 16.4. The average Bonchev–Trinajstić information content (AvgIpc) is 2.37. The fraction of sp³-hybridized carbons (Fsp3) is 0.400. The number of esters is 1. The molecule has 3 nitrogen and oxygen atoms in total. The summed E-state index contributed by atoms with van der Waals surface area (Å²) in [5.41, 5.74) is 3.21. The van der Waals surface area contributed by atoms with Gasteiger partial charge in [0.1, 0.15) is 5.75 Å². The van der Waals surface area contributed by atoms with Gasteiger partial charge >= 0.3 is 5.97 Å². The van der Waals surface area contributed by atoms with Crippen LogP contribution in [0.5, 0.6) is 5.75 Å². The van der Waals surface area contributed by atoms with E-state index in [2.05, 4.69) is 0 Å². The van der Waals surface area contributed by atoms with Gasteiger partial charge in [0.25, 0.3) is 0 Å². The topological polar surface area (TPSA) is 46.5 Å². The average molecular weight is 246 g/mol. The third kappa shape index (κ3) is 2.73. The van der Waals surface area contributed by atoms with E-state index in [1.165, 1.54) is 0 Å². The van der Waals surface area contributed by atoms with Crippen LogP contribution in [-0.4, -0.2) is 17.7 Å².